The summed E-state index contributed by atoms with van der Waals surface area (Å²) in [6, 6.07) is 22.3. The molecular weight excluding hydrogens is 626 g/mol. The lowest BCUT2D eigenvalue weighted by atomic mass is 9.69. The number of nitrogens with zero attached hydrogens (tertiary/aromatic N) is 3. The highest BCUT2D eigenvalue weighted by Crippen LogP contribution is 2.64. The van der Waals surface area contributed by atoms with E-state index in [0.29, 0.717) is 52.3 Å². The van der Waals surface area contributed by atoms with E-state index in [1.165, 1.54) is 11.1 Å². The van der Waals surface area contributed by atoms with Crippen molar-refractivity contribution in [2.24, 2.45) is 5.41 Å². The number of carbonyl (C=O) groups excluding carboxylic acids is 2. The average Bonchev–Trinajstić information content (AvgIpc) is 3.40. The Labute approximate surface area is 291 Å². The molecule has 4 fully saturated rings. The molecule has 4 saturated heterocycles. The summed E-state index contributed by atoms with van der Waals surface area (Å²) >= 11 is 0. The Hall–Kier alpha value is -3.06. The van der Waals surface area contributed by atoms with Crippen molar-refractivity contribution in [3.8, 4) is 0 Å². The number of imide groups is 1. The molecule has 11 nitrogen and oxygen atoms in total. The van der Waals surface area contributed by atoms with E-state index < -0.39 is 23.4 Å². The fourth-order valence-corrected chi connectivity index (χ4v) is 7.44. The molecule has 0 spiro atoms. The second kappa shape index (κ2) is 15.9. The molecule has 270 valence electrons. The van der Waals surface area contributed by atoms with Crippen LogP contribution in [0.1, 0.15) is 65.1 Å². The number of hydrogen-bond acceptors (Lipinski definition) is 10. The number of carbonyl (C=O) groups is 2. The number of piperidine rings is 1. The van der Waals surface area contributed by atoms with Gasteiger partial charge in [0.25, 0.3) is 0 Å². The normalized spacial score (nSPS) is 25.8. The van der Waals surface area contributed by atoms with E-state index in [2.05, 4.69) is 70.5 Å². The van der Waals surface area contributed by atoms with Crippen molar-refractivity contribution in [2.75, 3.05) is 79.2 Å². The third kappa shape index (κ3) is 9.39. The van der Waals surface area contributed by atoms with Gasteiger partial charge in [0, 0.05) is 18.5 Å². The molecule has 2 aromatic carbocycles. The maximum atomic E-state index is 12.6. The number of amides is 2. The SMILES string of the molecule is CC(C)(C)OC(=O)N(CCOCCOCCOCCOCC12CN3CN(C1)C(c1ccccc1)(C2)C3c1ccccc1)C(=O)OC(C)(C)C. The first-order valence-electron chi connectivity index (χ1n) is 17.5. The Kier molecular flexibility index (Phi) is 12.0. The van der Waals surface area contributed by atoms with Crippen LogP contribution in [0.3, 0.4) is 0 Å². The van der Waals surface area contributed by atoms with E-state index in [4.69, 9.17) is 28.4 Å². The van der Waals surface area contributed by atoms with Gasteiger partial charge in [-0.2, -0.15) is 0 Å². The molecule has 2 amide bonds. The molecule has 5 unspecified atom stereocenters. The van der Waals surface area contributed by atoms with Gasteiger partial charge in [0.05, 0.1) is 77.6 Å². The van der Waals surface area contributed by atoms with E-state index >= 15 is 0 Å². The minimum absolute atomic E-state index is 0.00509. The predicted molar refractivity (Wildman–Crippen MR) is 185 cm³/mol. The molecule has 4 heterocycles. The molecule has 0 aromatic heterocycles. The van der Waals surface area contributed by atoms with Crippen molar-refractivity contribution >= 4 is 12.2 Å². The number of benzene rings is 2. The van der Waals surface area contributed by atoms with Crippen LogP contribution in [0.2, 0.25) is 0 Å². The van der Waals surface area contributed by atoms with Gasteiger partial charge in [-0.3, -0.25) is 9.80 Å². The van der Waals surface area contributed by atoms with Gasteiger partial charge in [-0.1, -0.05) is 60.7 Å². The Balaban J connectivity index is 0.966. The molecule has 49 heavy (non-hydrogen) atoms. The van der Waals surface area contributed by atoms with Gasteiger partial charge < -0.3 is 28.4 Å². The van der Waals surface area contributed by atoms with Gasteiger partial charge in [0.1, 0.15) is 11.2 Å². The lowest BCUT2D eigenvalue weighted by Gasteiger charge is -2.46. The molecule has 4 aliphatic heterocycles. The van der Waals surface area contributed by atoms with Crippen molar-refractivity contribution < 1.29 is 38.0 Å². The molecule has 4 aliphatic rings. The van der Waals surface area contributed by atoms with Crippen LogP contribution < -0.4 is 0 Å². The molecular formula is C38H55N3O8. The minimum atomic E-state index is -0.770. The lowest BCUT2D eigenvalue weighted by Crippen LogP contribution is -2.51. The summed E-state index contributed by atoms with van der Waals surface area (Å²) in [5, 5.41) is 0. The van der Waals surface area contributed by atoms with Crippen LogP contribution in [0.4, 0.5) is 9.59 Å². The first-order chi connectivity index (χ1) is 23.3. The van der Waals surface area contributed by atoms with Crippen molar-refractivity contribution in [2.45, 2.75) is 70.7 Å². The van der Waals surface area contributed by atoms with Crippen molar-refractivity contribution in [3.05, 3.63) is 71.8 Å². The Bertz CT molecular complexity index is 1330. The third-order valence-corrected chi connectivity index (χ3v) is 9.04. The molecule has 6 rings (SSSR count). The number of hydrogen-bond donors (Lipinski definition) is 0. The van der Waals surface area contributed by atoms with Crippen LogP contribution in [0.25, 0.3) is 0 Å². The first kappa shape index (κ1) is 37.2. The van der Waals surface area contributed by atoms with Crippen molar-refractivity contribution in [3.63, 3.8) is 0 Å². The lowest BCUT2D eigenvalue weighted by molar-refractivity contribution is -0.0420. The highest BCUT2D eigenvalue weighted by Gasteiger charge is 2.68. The van der Waals surface area contributed by atoms with Crippen LogP contribution in [-0.4, -0.2) is 117 Å². The summed E-state index contributed by atoms with van der Waals surface area (Å²) in [6.45, 7) is 17.0. The highest BCUT2D eigenvalue weighted by molar-refractivity contribution is 5.88. The third-order valence-electron chi connectivity index (χ3n) is 9.04. The van der Waals surface area contributed by atoms with Gasteiger partial charge in [0.2, 0.25) is 0 Å². The fourth-order valence-electron chi connectivity index (χ4n) is 7.44. The monoisotopic (exact) mass is 681 g/mol. The summed E-state index contributed by atoms with van der Waals surface area (Å²) in [4.78, 5) is 31.4. The van der Waals surface area contributed by atoms with Gasteiger partial charge in [-0.05, 0) is 59.1 Å². The van der Waals surface area contributed by atoms with Gasteiger partial charge in [-0.25, -0.2) is 14.5 Å². The Morgan fingerprint density at radius 2 is 1.22 bits per heavy atom. The van der Waals surface area contributed by atoms with E-state index in [9.17, 15) is 9.59 Å². The van der Waals surface area contributed by atoms with Crippen LogP contribution >= 0.6 is 0 Å². The van der Waals surface area contributed by atoms with Crippen LogP contribution in [-0.2, 0) is 34.0 Å². The number of rotatable bonds is 16. The molecule has 11 heteroatoms. The Morgan fingerprint density at radius 1 is 0.714 bits per heavy atom. The number of ether oxygens (including phenoxy) is 6. The zero-order chi connectivity index (χ0) is 35.1. The minimum Gasteiger partial charge on any atom is -0.443 e. The Morgan fingerprint density at radius 3 is 1.78 bits per heavy atom. The molecule has 0 N–H and O–H groups in total. The fraction of sp³-hybridized carbons (Fsp3) is 0.632. The van der Waals surface area contributed by atoms with Crippen LogP contribution in [0.15, 0.2) is 60.7 Å². The molecule has 2 aromatic rings. The van der Waals surface area contributed by atoms with E-state index in [1.807, 2.05) is 0 Å². The largest absolute Gasteiger partial charge is 0.443 e. The summed E-state index contributed by atoms with van der Waals surface area (Å²) in [5.74, 6) is 0. The summed E-state index contributed by atoms with van der Waals surface area (Å²) in [7, 11) is 0. The van der Waals surface area contributed by atoms with Gasteiger partial charge >= 0.3 is 12.2 Å². The van der Waals surface area contributed by atoms with E-state index in [0.717, 1.165) is 31.1 Å². The maximum absolute atomic E-state index is 12.6. The maximum Gasteiger partial charge on any atom is 0.419 e. The van der Waals surface area contributed by atoms with Gasteiger partial charge in [0.15, 0.2) is 0 Å². The average molecular weight is 682 g/mol. The van der Waals surface area contributed by atoms with E-state index in [-0.39, 0.29) is 24.1 Å². The summed E-state index contributed by atoms with van der Waals surface area (Å²) < 4.78 is 34.0. The zero-order valence-corrected chi connectivity index (χ0v) is 30.2. The van der Waals surface area contributed by atoms with Crippen LogP contribution in [0, 0.1) is 5.41 Å². The summed E-state index contributed by atoms with van der Waals surface area (Å²) in [5.41, 5.74) is 1.34. The molecule has 5 atom stereocenters. The predicted octanol–water partition coefficient (Wildman–Crippen LogP) is 5.84. The first-order valence-corrected chi connectivity index (χ1v) is 17.5. The second-order valence-corrected chi connectivity index (χ2v) is 15.4. The van der Waals surface area contributed by atoms with Crippen molar-refractivity contribution in [1.82, 2.24) is 14.7 Å². The molecule has 0 radical (unpaired) electrons. The van der Waals surface area contributed by atoms with Crippen molar-refractivity contribution in [1.29, 1.82) is 0 Å². The standard InChI is InChI=1S/C38H55N3O8/c1-35(2,3)48-33(42)41(34(43)49-36(4,5)6)17-18-44-19-20-45-21-22-46-23-24-47-28-37-25-38(31-15-11-8-12-16-31)32(30-13-9-7-10-14-30)39(26-37)29-40(38)27-37/h7-16,32H,17-29H2,1-6H3. The van der Waals surface area contributed by atoms with Crippen LogP contribution in [0.5, 0.6) is 0 Å². The molecule has 4 bridgehead atoms. The van der Waals surface area contributed by atoms with Gasteiger partial charge in [-0.15, -0.1) is 0 Å². The highest BCUT2D eigenvalue weighted by atomic mass is 16.6. The molecule has 0 saturated carbocycles. The van der Waals surface area contributed by atoms with E-state index in [1.54, 1.807) is 41.5 Å². The quantitative estimate of drug-likeness (QED) is 0.201. The topological polar surface area (TPSA) is 99.2 Å². The summed E-state index contributed by atoms with van der Waals surface area (Å²) in [6.07, 6.45) is -0.460. The smallest absolute Gasteiger partial charge is 0.419 e. The zero-order valence-electron chi connectivity index (χ0n) is 30.2. The second-order valence-electron chi connectivity index (χ2n) is 15.4. The molecule has 0 aliphatic carbocycles.